The average Bonchev–Trinajstić information content (AvgIpc) is 2.53. The van der Waals surface area contributed by atoms with E-state index in [0.717, 1.165) is 17.8 Å². The third kappa shape index (κ3) is 5.59. The molecule has 2 atom stereocenters. The SMILES string of the molecule is CCOC(=O)c1ccc(C(O)C(O)CCSC(C)=O)c([N+](=O)[O-])c1. The first-order chi connectivity index (χ1) is 11.3. The van der Waals surface area contributed by atoms with Gasteiger partial charge in [-0.05, 0) is 25.5 Å². The van der Waals surface area contributed by atoms with Crippen LogP contribution in [0.5, 0.6) is 0 Å². The quantitative estimate of drug-likeness (QED) is 0.410. The smallest absolute Gasteiger partial charge is 0.338 e. The van der Waals surface area contributed by atoms with Crippen LogP contribution in [0, 0.1) is 10.1 Å². The number of carbonyl (C=O) groups is 2. The zero-order valence-electron chi connectivity index (χ0n) is 13.3. The molecule has 1 rings (SSSR count). The summed E-state index contributed by atoms with van der Waals surface area (Å²) in [7, 11) is 0. The van der Waals surface area contributed by atoms with E-state index in [9.17, 15) is 29.9 Å². The molecule has 0 bridgehead atoms. The fraction of sp³-hybridized carbons (Fsp3) is 0.467. The lowest BCUT2D eigenvalue weighted by Gasteiger charge is -2.18. The third-order valence-electron chi connectivity index (χ3n) is 3.14. The van der Waals surface area contributed by atoms with E-state index in [2.05, 4.69) is 0 Å². The van der Waals surface area contributed by atoms with Crippen LogP contribution in [-0.4, -0.2) is 44.7 Å². The standard InChI is InChI=1S/C15H19NO7S/c1-3-23-15(20)10-4-5-11(12(8-10)16(21)22)14(19)13(18)6-7-24-9(2)17/h4-5,8,13-14,18-19H,3,6-7H2,1-2H3. The number of hydrogen-bond acceptors (Lipinski definition) is 8. The molecule has 0 fully saturated rings. The summed E-state index contributed by atoms with van der Waals surface area (Å²) in [6.45, 7) is 3.12. The number of nitro groups is 1. The second kappa shape index (κ2) is 9.36. The highest BCUT2D eigenvalue weighted by Gasteiger charge is 2.27. The molecule has 0 aliphatic rings. The highest BCUT2D eigenvalue weighted by atomic mass is 32.2. The van der Waals surface area contributed by atoms with Gasteiger partial charge in [-0.1, -0.05) is 11.8 Å². The maximum atomic E-state index is 11.6. The van der Waals surface area contributed by atoms with Gasteiger partial charge in [-0.15, -0.1) is 0 Å². The van der Waals surface area contributed by atoms with Crippen LogP contribution in [0.3, 0.4) is 0 Å². The molecule has 2 unspecified atom stereocenters. The lowest BCUT2D eigenvalue weighted by molar-refractivity contribution is -0.386. The number of esters is 1. The molecule has 0 spiro atoms. The van der Waals surface area contributed by atoms with Gasteiger partial charge in [0.15, 0.2) is 5.12 Å². The van der Waals surface area contributed by atoms with Gasteiger partial charge < -0.3 is 14.9 Å². The van der Waals surface area contributed by atoms with Crippen molar-refractivity contribution in [3.05, 3.63) is 39.4 Å². The maximum absolute atomic E-state index is 11.6. The summed E-state index contributed by atoms with van der Waals surface area (Å²) in [6, 6.07) is 3.52. The number of carbonyl (C=O) groups excluding carboxylic acids is 2. The average molecular weight is 357 g/mol. The fourth-order valence-corrected chi connectivity index (χ4v) is 2.63. The molecular weight excluding hydrogens is 338 g/mol. The molecule has 132 valence electrons. The molecule has 0 aliphatic carbocycles. The Morgan fingerprint density at radius 1 is 1.38 bits per heavy atom. The van der Waals surface area contributed by atoms with E-state index in [1.807, 2.05) is 0 Å². The van der Waals surface area contributed by atoms with E-state index in [4.69, 9.17) is 4.74 Å². The predicted molar refractivity (Wildman–Crippen MR) is 87.8 cm³/mol. The van der Waals surface area contributed by atoms with Crippen molar-refractivity contribution in [1.82, 2.24) is 0 Å². The Morgan fingerprint density at radius 3 is 2.58 bits per heavy atom. The summed E-state index contributed by atoms with van der Waals surface area (Å²) < 4.78 is 4.78. The number of nitro benzene ring substituents is 1. The first kappa shape index (κ1) is 20.1. The summed E-state index contributed by atoms with van der Waals surface area (Å²) in [5.41, 5.74) is -0.596. The number of benzene rings is 1. The van der Waals surface area contributed by atoms with E-state index in [1.165, 1.54) is 19.1 Å². The topological polar surface area (TPSA) is 127 Å². The third-order valence-corrected chi connectivity index (χ3v) is 3.99. The minimum absolute atomic E-state index is 0.0128. The Hall–Kier alpha value is -1.97. The van der Waals surface area contributed by atoms with Crippen LogP contribution in [0.2, 0.25) is 0 Å². The zero-order valence-corrected chi connectivity index (χ0v) is 14.1. The van der Waals surface area contributed by atoms with E-state index >= 15 is 0 Å². The van der Waals surface area contributed by atoms with E-state index < -0.39 is 28.8 Å². The van der Waals surface area contributed by atoms with Crippen LogP contribution in [0.1, 0.15) is 42.3 Å². The first-order valence-electron chi connectivity index (χ1n) is 7.22. The molecule has 0 amide bonds. The molecule has 2 N–H and O–H groups in total. The molecule has 1 aromatic rings. The number of aliphatic hydroxyl groups is 2. The minimum Gasteiger partial charge on any atom is -0.462 e. The van der Waals surface area contributed by atoms with E-state index in [0.29, 0.717) is 0 Å². The largest absolute Gasteiger partial charge is 0.462 e. The second-order valence-electron chi connectivity index (χ2n) is 4.89. The van der Waals surface area contributed by atoms with Crippen molar-refractivity contribution in [3.63, 3.8) is 0 Å². The van der Waals surface area contributed by atoms with Crippen molar-refractivity contribution in [3.8, 4) is 0 Å². The van der Waals surface area contributed by atoms with Gasteiger partial charge in [0.05, 0.1) is 28.8 Å². The van der Waals surface area contributed by atoms with Gasteiger partial charge in [0.25, 0.3) is 5.69 Å². The Kier molecular flexibility index (Phi) is 7.83. The lowest BCUT2D eigenvalue weighted by atomic mass is 9.99. The lowest BCUT2D eigenvalue weighted by Crippen LogP contribution is -2.20. The molecule has 0 radical (unpaired) electrons. The van der Waals surface area contributed by atoms with Crippen molar-refractivity contribution in [2.75, 3.05) is 12.4 Å². The van der Waals surface area contributed by atoms with Crippen LogP contribution in [0.15, 0.2) is 18.2 Å². The monoisotopic (exact) mass is 357 g/mol. The number of nitrogens with zero attached hydrogens (tertiary/aromatic N) is 1. The molecule has 0 aliphatic heterocycles. The summed E-state index contributed by atoms with van der Waals surface area (Å²) in [4.78, 5) is 33.0. The highest BCUT2D eigenvalue weighted by molar-refractivity contribution is 8.13. The summed E-state index contributed by atoms with van der Waals surface area (Å²) in [6.07, 6.45) is -2.69. The number of rotatable bonds is 8. The van der Waals surface area contributed by atoms with Crippen molar-refractivity contribution in [2.24, 2.45) is 0 Å². The normalized spacial score (nSPS) is 13.2. The van der Waals surface area contributed by atoms with Crippen LogP contribution in [0.25, 0.3) is 0 Å². The van der Waals surface area contributed by atoms with Gasteiger partial charge in [0, 0.05) is 18.7 Å². The number of hydrogen-bond donors (Lipinski definition) is 2. The maximum Gasteiger partial charge on any atom is 0.338 e. The molecule has 8 nitrogen and oxygen atoms in total. The summed E-state index contributed by atoms with van der Waals surface area (Å²) in [5.74, 6) is -0.428. The Balaban J connectivity index is 2.98. The summed E-state index contributed by atoms with van der Waals surface area (Å²) in [5, 5.41) is 31.2. The van der Waals surface area contributed by atoms with Crippen molar-refractivity contribution in [1.29, 1.82) is 0 Å². The van der Waals surface area contributed by atoms with Gasteiger partial charge in [0.2, 0.25) is 0 Å². The Labute approximate surface area is 143 Å². The van der Waals surface area contributed by atoms with Crippen molar-refractivity contribution < 1.29 is 29.5 Å². The van der Waals surface area contributed by atoms with E-state index in [1.54, 1.807) is 6.92 Å². The Bertz CT molecular complexity index is 620. The molecule has 0 aromatic heterocycles. The molecule has 0 saturated heterocycles. The van der Waals surface area contributed by atoms with Crippen LogP contribution < -0.4 is 0 Å². The van der Waals surface area contributed by atoms with Gasteiger partial charge in [-0.2, -0.15) is 0 Å². The highest BCUT2D eigenvalue weighted by Crippen LogP contribution is 2.30. The van der Waals surface area contributed by atoms with Crippen LogP contribution in [-0.2, 0) is 9.53 Å². The second-order valence-corrected chi connectivity index (χ2v) is 6.16. The minimum atomic E-state index is -1.51. The van der Waals surface area contributed by atoms with Crippen molar-refractivity contribution >= 4 is 28.5 Å². The molecule has 24 heavy (non-hydrogen) atoms. The van der Waals surface area contributed by atoms with Crippen LogP contribution in [0.4, 0.5) is 5.69 Å². The Morgan fingerprint density at radius 2 is 2.04 bits per heavy atom. The van der Waals surface area contributed by atoms with Gasteiger partial charge in [-0.3, -0.25) is 14.9 Å². The molecular formula is C15H19NO7S. The van der Waals surface area contributed by atoms with Gasteiger partial charge in [-0.25, -0.2) is 4.79 Å². The van der Waals surface area contributed by atoms with E-state index in [-0.39, 0.29) is 35.0 Å². The fourth-order valence-electron chi connectivity index (χ4n) is 1.98. The van der Waals surface area contributed by atoms with Crippen molar-refractivity contribution in [2.45, 2.75) is 32.5 Å². The summed E-state index contributed by atoms with van der Waals surface area (Å²) >= 11 is 0.989. The number of thioether (sulfide) groups is 1. The van der Waals surface area contributed by atoms with Gasteiger partial charge >= 0.3 is 5.97 Å². The molecule has 0 saturated carbocycles. The van der Waals surface area contributed by atoms with Gasteiger partial charge in [0.1, 0.15) is 6.10 Å². The molecule has 9 heteroatoms. The van der Waals surface area contributed by atoms with Crippen LogP contribution >= 0.6 is 11.8 Å². The molecule has 0 heterocycles. The molecule has 1 aromatic carbocycles. The zero-order chi connectivity index (χ0) is 18.3. The first-order valence-corrected chi connectivity index (χ1v) is 8.21. The number of aliphatic hydroxyl groups excluding tert-OH is 2. The predicted octanol–water partition coefficient (Wildman–Crippen LogP) is 1.84. The number of ether oxygens (including phenoxy) is 1.